The Morgan fingerprint density at radius 2 is 2.06 bits per heavy atom. The van der Waals surface area contributed by atoms with Crippen molar-refractivity contribution < 1.29 is 38.1 Å². The number of fused-ring (bicyclic) bond motifs is 1. The minimum Gasteiger partial charge on any atom is -0.394 e. The summed E-state index contributed by atoms with van der Waals surface area (Å²) in [7, 11) is 0. The van der Waals surface area contributed by atoms with Crippen LogP contribution in [0.5, 0.6) is 0 Å². The number of alkyl halides is 2. The van der Waals surface area contributed by atoms with E-state index >= 15 is 0 Å². The number of nitrogens with one attached hydrogen (secondary N) is 2. The lowest BCUT2D eigenvalue weighted by atomic mass is 10.0. The highest BCUT2D eigenvalue weighted by Crippen LogP contribution is 2.41. The Morgan fingerprint density at radius 3 is 2.69 bits per heavy atom. The summed E-state index contributed by atoms with van der Waals surface area (Å²) in [6.07, 6.45) is 1.26. The van der Waals surface area contributed by atoms with Gasteiger partial charge in [-0.1, -0.05) is 24.0 Å². The molecule has 4 atom stereocenters. The molecule has 5 rings (SSSR count). The molecule has 4 amide bonds. The summed E-state index contributed by atoms with van der Waals surface area (Å²) in [5.41, 5.74) is 4.04. The molecule has 4 unspecified atom stereocenters. The Labute approximate surface area is 207 Å². The van der Waals surface area contributed by atoms with Crippen LogP contribution in [-0.4, -0.2) is 69.2 Å². The molecular weight excluding hydrogens is 498 g/mol. The normalized spacial score (nSPS) is 28.6. The smallest absolute Gasteiger partial charge is 0.330 e. The van der Waals surface area contributed by atoms with Gasteiger partial charge in [-0.3, -0.25) is 19.8 Å². The number of benzene rings is 1. The highest BCUT2D eigenvalue weighted by atomic mass is 32.2. The van der Waals surface area contributed by atoms with Crippen LogP contribution in [0.4, 0.5) is 19.3 Å². The minimum atomic E-state index is -3.84. The van der Waals surface area contributed by atoms with Gasteiger partial charge in [0.1, 0.15) is 6.10 Å². The number of allylic oxidation sites excluding steroid dienone is 3. The van der Waals surface area contributed by atoms with Gasteiger partial charge in [0.05, 0.1) is 23.7 Å². The number of hydrogen-bond acceptors (Lipinski definition) is 7. The SMILES string of the molecule is O=C(NC1=C=CN(C2OC(CO)C(O)C2(F)F)C(=O)N1)c1ccc(N2SC3CC=CC=C3C2=O)cc1. The molecule has 1 aromatic rings. The predicted molar refractivity (Wildman–Crippen MR) is 123 cm³/mol. The number of rotatable bonds is 5. The molecule has 0 bridgehead atoms. The summed E-state index contributed by atoms with van der Waals surface area (Å²) < 4.78 is 35.1. The highest BCUT2D eigenvalue weighted by Gasteiger charge is 2.61. The zero-order chi connectivity index (χ0) is 25.6. The molecule has 1 aromatic carbocycles. The second-order valence-corrected chi connectivity index (χ2v) is 9.44. The Morgan fingerprint density at radius 1 is 1.31 bits per heavy atom. The predicted octanol–water partition coefficient (Wildman–Crippen LogP) is 1.36. The maximum absolute atomic E-state index is 14.3. The molecular formula is C23H20F2N4O6S. The number of hydrogen-bond donors (Lipinski definition) is 4. The van der Waals surface area contributed by atoms with Crippen LogP contribution in [0.3, 0.4) is 0 Å². The van der Waals surface area contributed by atoms with Crippen molar-refractivity contribution in [3.8, 4) is 0 Å². The Balaban J connectivity index is 1.26. The average Bonchev–Trinajstić information content (AvgIpc) is 3.32. The second-order valence-electron chi connectivity index (χ2n) is 8.30. The van der Waals surface area contributed by atoms with Crippen molar-refractivity contribution in [2.24, 2.45) is 0 Å². The van der Waals surface area contributed by atoms with Crippen molar-refractivity contribution in [2.45, 2.75) is 36.0 Å². The number of urea groups is 1. The van der Waals surface area contributed by atoms with Crippen LogP contribution in [0.25, 0.3) is 0 Å². The van der Waals surface area contributed by atoms with E-state index in [0.29, 0.717) is 10.6 Å². The first-order valence-electron chi connectivity index (χ1n) is 10.9. The van der Waals surface area contributed by atoms with Gasteiger partial charge in [0.2, 0.25) is 6.23 Å². The van der Waals surface area contributed by atoms with E-state index in [2.05, 4.69) is 16.4 Å². The average molecular weight is 518 g/mol. The lowest BCUT2D eigenvalue weighted by molar-refractivity contribution is -0.145. The summed E-state index contributed by atoms with van der Waals surface area (Å²) in [5, 5.41) is 23.4. The van der Waals surface area contributed by atoms with Gasteiger partial charge in [-0.25, -0.2) is 9.10 Å². The third kappa shape index (κ3) is 4.10. The maximum Gasteiger partial charge on any atom is 0.330 e. The van der Waals surface area contributed by atoms with Gasteiger partial charge in [0, 0.05) is 11.1 Å². The highest BCUT2D eigenvalue weighted by molar-refractivity contribution is 8.02. The number of amides is 4. The van der Waals surface area contributed by atoms with Gasteiger partial charge in [-0.05, 0) is 42.6 Å². The van der Waals surface area contributed by atoms with Gasteiger partial charge in [0.15, 0.2) is 11.9 Å². The number of halogens is 2. The first-order valence-corrected chi connectivity index (χ1v) is 11.7. The standard InChI is InChI=1S/C23H20F2N4O6S/c24-23(25)18(31)15(11-30)35-21(23)28-10-9-17(27-22(28)34)26-19(32)12-5-7-13(8-6-12)29-20(33)14-3-1-2-4-16(14)36-29/h1-3,5-8,10,15-16,18,21,30-31H,4,11H2,(H,26,32)(H,27,34). The van der Waals surface area contributed by atoms with E-state index in [4.69, 9.17) is 9.84 Å². The Bertz CT molecular complexity index is 1240. The van der Waals surface area contributed by atoms with Gasteiger partial charge in [-0.15, -0.1) is 0 Å². The molecule has 0 spiro atoms. The fraction of sp³-hybridized carbons (Fsp3) is 0.304. The largest absolute Gasteiger partial charge is 0.394 e. The third-order valence-electron chi connectivity index (χ3n) is 6.00. The quantitative estimate of drug-likeness (QED) is 0.342. The van der Waals surface area contributed by atoms with Crippen molar-refractivity contribution >= 4 is 35.5 Å². The topological polar surface area (TPSA) is 131 Å². The Hall–Kier alpha value is -3.48. The molecule has 3 heterocycles. The summed E-state index contributed by atoms with van der Waals surface area (Å²) in [6.45, 7) is -0.859. The monoisotopic (exact) mass is 518 g/mol. The molecule has 3 aliphatic heterocycles. The molecule has 1 aliphatic carbocycles. The van der Waals surface area contributed by atoms with Crippen molar-refractivity contribution in [2.75, 3.05) is 10.9 Å². The molecule has 0 aromatic heterocycles. The summed E-state index contributed by atoms with van der Waals surface area (Å²) in [6, 6.07) is 5.22. The van der Waals surface area contributed by atoms with E-state index in [9.17, 15) is 28.3 Å². The molecule has 10 nitrogen and oxygen atoms in total. The van der Waals surface area contributed by atoms with Crippen LogP contribution < -0.4 is 14.9 Å². The molecule has 188 valence electrons. The first kappa shape index (κ1) is 24.2. The fourth-order valence-corrected chi connectivity index (χ4v) is 5.27. The Kier molecular flexibility index (Phi) is 6.18. The summed E-state index contributed by atoms with van der Waals surface area (Å²) >= 11 is 1.41. The summed E-state index contributed by atoms with van der Waals surface area (Å²) in [5.74, 6) is -4.73. The molecule has 2 fully saturated rings. The van der Waals surface area contributed by atoms with Gasteiger partial charge >= 0.3 is 12.0 Å². The second kappa shape index (κ2) is 9.19. The molecule has 13 heteroatoms. The van der Waals surface area contributed by atoms with Crippen LogP contribution in [0, 0.1) is 0 Å². The van der Waals surface area contributed by atoms with Crippen molar-refractivity contribution in [3.05, 3.63) is 71.4 Å². The van der Waals surface area contributed by atoms with Gasteiger partial charge in [-0.2, -0.15) is 8.78 Å². The van der Waals surface area contributed by atoms with E-state index in [1.165, 1.54) is 24.1 Å². The number of carbonyl (C=O) groups excluding carboxylic acids is 3. The van der Waals surface area contributed by atoms with E-state index in [0.717, 1.165) is 18.2 Å². The van der Waals surface area contributed by atoms with Crippen LogP contribution >= 0.6 is 11.9 Å². The molecule has 4 N–H and O–H groups in total. The lowest BCUT2D eigenvalue weighted by Crippen LogP contribution is -2.53. The number of aliphatic hydroxyl groups is 2. The molecule has 2 saturated heterocycles. The number of carbonyl (C=O) groups is 3. The van der Waals surface area contributed by atoms with Crippen molar-refractivity contribution in [1.82, 2.24) is 15.5 Å². The van der Waals surface area contributed by atoms with E-state index in [-0.39, 0.29) is 22.5 Å². The van der Waals surface area contributed by atoms with Crippen LogP contribution in [-0.2, 0) is 9.53 Å². The fourth-order valence-electron chi connectivity index (χ4n) is 4.08. The number of anilines is 1. The van der Waals surface area contributed by atoms with E-state index in [1.807, 2.05) is 12.2 Å². The number of nitrogens with zero attached hydrogens (tertiary/aromatic N) is 2. The number of aliphatic hydroxyl groups excluding tert-OH is 2. The zero-order valence-corrected chi connectivity index (χ0v) is 19.2. The maximum atomic E-state index is 14.3. The van der Waals surface area contributed by atoms with E-state index < -0.39 is 42.9 Å². The molecule has 4 aliphatic rings. The van der Waals surface area contributed by atoms with Crippen LogP contribution in [0.1, 0.15) is 16.8 Å². The first-order chi connectivity index (χ1) is 17.2. The molecule has 0 radical (unpaired) electrons. The molecule has 36 heavy (non-hydrogen) atoms. The van der Waals surface area contributed by atoms with Crippen LogP contribution in [0.2, 0.25) is 0 Å². The van der Waals surface area contributed by atoms with Crippen molar-refractivity contribution in [3.63, 3.8) is 0 Å². The minimum absolute atomic E-state index is 0.0612. The lowest BCUT2D eigenvalue weighted by Gasteiger charge is -2.30. The van der Waals surface area contributed by atoms with Gasteiger partial charge in [0.25, 0.3) is 11.8 Å². The third-order valence-corrected chi connectivity index (χ3v) is 7.29. The van der Waals surface area contributed by atoms with Crippen molar-refractivity contribution in [1.29, 1.82) is 0 Å². The molecule has 0 saturated carbocycles. The van der Waals surface area contributed by atoms with E-state index in [1.54, 1.807) is 22.5 Å². The number of ether oxygens (including phenoxy) is 1. The summed E-state index contributed by atoms with van der Waals surface area (Å²) in [4.78, 5) is 38.2. The van der Waals surface area contributed by atoms with Gasteiger partial charge < -0.3 is 20.3 Å². The van der Waals surface area contributed by atoms with Crippen LogP contribution in [0.15, 0.2) is 65.8 Å². The zero-order valence-electron chi connectivity index (χ0n) is 18.4.